The van der Waals surface area contributed by atoms with Crippen LogP contribution >= 0.6 is 0 Å². The van der Waals surface area contributed by atoms with Crippen LogP contribution in [-0.4, -0.2) is 61.8 Å². The van der Waals surface area contributed by atoms with E-state index in [0.717, 1.165) is 11.9 Å². The molecule has 0 amide bonds. The molecule has 7 nitrogen and oxygen atoms in total. The predicted molar refractivity (Wildman–Crippen MR) is 127 cm³/mol. The zero-order chi connectivity index (χ0) is 25.0. The normalized spacial score (nSPS) is 35.4. The number of esters is 1. The second-order valence-corrected chi connectivity index (χ2v) is 9.05. The van der Waals surface area contributed by atoms with Gasteiger partial charge >= 0.3 is 5.97 Å². The summed E-state index contributed by atoms with van der Waals surface area (Å²) in [4.78, 5) is 36.9. The van der Waals surface area contributed by atoms with Crippen LogP contribution in [0.3, 0.4) is 0 Å². The van der Waals surface area contributed by atoms with Gasteiger partial charge in [-0.3, -0.25) is 9.59 Å². The van der Waals surface area contributed by atoms with Gasteiger partial charge in [0.1, 0.15) is 12.4 Å². The number of hydrogen-bond acceptors (Lipinski definition) is 7. The zero-order valence-corrected chi connectivity index (χ0v) is 21.0. The molecule has 0 saturated heterocycles. The molecule has 1 aliphatic rings. The lowest BCUT2D eigenvalue weighted by Gasteiger charge is -2.34. The van der Waals surface area contributed by atoms with Gasteiger partial charge in [0, 0.05) is 37.9 Å². The minimum Gasteiger partial charge on any atom is -0.462 e. The summed E-state index contributed by atoms with van der Waals surface area (Å²) in [6, 6.07) is 0. The van der Waals surface area contributed by atoms with Crippen molar-refractivity contribution in [1.29, 1.82) is 0 Å². The van der Waals surface area contributed by atoms with Crippen molar-refractivity contribution in [1.82, 2.24) is 0 Å². The van der Waals surface area contributed by atoms with E-state index in [1.165, 1.54) is 0 Å². The molecule has 33 heavy (non-hydrogen) atoms. The molecule has 0 radical (unpaired) electrons. The molecule has 1 heterocycles. The van der Waals surface area contributed by atoms with Gasteiger partial charge in [-0.1, -0.05) is 38.5 Å². The monoisotopic (exact) mass is 466 g/mol. The summed E-state index contributed by atoms with van der Waals surface area (Å²) in [6.07, 6.45) is 5.27. The van der Waals surface area contributed by atoms with E-state index in [2.05, 4.69) is 0 Å². The molecule has 0 spiro atoms. The maximum atomic E-state index is 12.8. The highest BCUT2D eigenvalue weighted by Crippen LogP contribution is 2.30. The summed E-state index contributed by atoms with van der Waals surface area (Å²) < 4.78 is 17.0. The van der Waals surface area contributed by atoms with Crippen LogP contribution in [0, 0.1) is 23.7 Å². The van der Waals surface area contributed by atoms with Crippen molar-refractivity contribution in [2.75, 3.05) is 20.3 Å². The van der Waals surface area contributed by atoms with Crippen molar-refractivity contribution < 1.29 is 33.7 Å². The molecule has 0 fully saturated rings. The number of carbonyl (C=O) groups excluding carboxylic acids is 3. The van der Waals surface area contributed by atoms with Crippen molar-refractivity contribution >= 4 is 18.0 Å². The lowest BCUT2D eigenvalue weighted by molar-refractivity contribution is -0.156. The molecular weight excluding hydrogens is 424 g/mol. The van der Waals surface area contributed by atoms with Gasteiger partial charge in [0.15, 0.2) is 5.78 Å². The Morgan fingerprint density at radius 1 is 1.21 bits per heavy atom. The Bertz CT molecular complexity index is 684. The van der Waals surface area contributed by atoms with Gasteiger partial charge in [-0.05, 0) is 38.7 Å². The number of ketones is 1. The van der Waals surface area contributed by atoms with Crippen molar-refractivity contribution in [3.05, 3.63) is 23.8 Å². The third kappa shape index (κ3) is 9.51. The fourth-order valence-electron chi connectivity index (χ4n) is 4.46. The van der Waals surface area contributed by atoms with E-state index in [0.29, 0.717) is 26.1 Å². The SMILES string of the molecule is CCO[C@H]1[C@@H](CC=O)C[C@@H](C)C(=O)/C=C/C(C)=C/[C@H](COC)[C@H](CC)OC(=O)C[C@@H](O)[C@@H]1C. The van der Waals surface area contributed by atoms with E-state index < -0.39 is 30.2 Å². The summed E-state index contributed by atoms with van der Waals surface area (Å²) in [5.74, 6) is -1.70. The van der Waals surface area contributed by atoms with Crippen LogP contribution in [0.5, 0.6) is 0 Å². The molecule has 0 aliphatic carbocycles. The highest BCUT2D eigenvalue weighted by Gasteiger charge is 2.35. The molecule has 0 saturated carbocycles. The Labute approximate surface area is 198 Å². The maximum absolute atomic E-state index is 12.8. The van der Waals surface area contributed by atoms with Gasteiger partial charge < -0.3 is 24.1 Å². The first-order valence-corrected chi connectivity index (χ1v) is 12.0. The van der Waals surface area contributed by atoms with E-state index in [9.17, 15) is 19.5 Å². The number of aliphatic hydroxyl groups excluding tert-OH is 1. The van der Waals surface area contributed by atoms with E-state index in [1.807, 2.05) is 40.7 Å². The number of ether oxygens (including phenoxy) is 3. The predicted octanol–water partition coefficient (Wildman–Crippen LogP) is 3.68. The van der Waals surface area contributed by atoms with Gasteiger partial charge in [0.05, 0.1) is 25.2 Å². The zero-order valence-electron chi connectivity index (χ0n) is 21.0. The van der Waals surface area contributed by atoms with Crippen LogP contribution in [0.15, 0.2) is 23.8 Å². The molecule has 0 bridgehead atoms. The molecule has 7 heteroatoms. The first-order valence-electron chi connectivity index (χ1n) is 12.0. The molecule has 0 aromatic carbocycles. The standard InChI is InChI=1S/C26H42O7/c1-7-24-21(16-31-6)13-17(3)9-10-22(28)18(4)14-20(11-12-27)26(32-8-2)19(5)23(29)15-25(30)33-24/h9-10,12-13,18-21,23-24,26,29H,7-8,11,14-16H2,1-6H3/b10-9+,17-13+/t18-,19+,20+,21-,23-,24+,26-/m1/s1. The average molecular weight is 467 g/mol. The van der Waals surface area contributed by atoms with E-state index >= 15 is 0 Å². The van der Waals surface area contributed by atoms with Gasteiger partial charge in [-0.2, -0.15) is 0 Å². The summed E-state index contributed by atoms with van der Waals surface area (Å²) in [7, 11) is 1.59. The summed E-state index contributed by atoms with van der Waals surface area (Å²) in [5.41, 5.74) is 0.865. The second-order valence-electron chi connectivity index (χ2n) is 9.05. The fourth-order valence-corrected chi connectivity index (χ4v) is 4.46. The number of aldehydes is 1. The van der Waals surface area contributed by atoms with Gasteiger partial charge in [0.25, 0.3) is 0 Å². The largest absolute Gasteiger partial charge is 0.462 e. The minimum absolute atomic E-state index is 0.0315. The van der Waals surface area contributed by atoms with E-state index in [-0.39, 0.29) is 36.4 Å². The number of carbonyl (C=O) groups is 3. The Kier molecular flexibility index (Phi) is 13.4. The number of cyclic esters (lactones) is 1. The lowest BCUT2D eigenvalue weighted by Crippen LogP contribution is -2.40. The molecule has 0 aromatic rings. The number of aliphatic hydroxyl groups is 1. The van der Waals surface area contributed by atoms with Gasteiger partial charge in [0.2, 0.25) is 0 Å². The molecular formula is C26H42O7. The third-order valence-corrected chi connectivity index (χ3v) is 6.37. The molecule has 1 N–H and O–H groups in total. The lowest BCUT2D eigenvalue weighted by atomic mass is 9.80. The first-order chi connectivity index (χ1) is 15.7. The summed E-state index contributed by atoms with van der Waals surface area (Å²) in [5, 5.41) is 10.8. The maximum Gasteiger partial charge on any atom is 0.308 e. The van der Waals surface area contributed by atoms with Crippen molar-refractivity contribution in [3.63, 3.8) is 0 Å². The first kappa shape index (κ1) is 29.2. The molecule has 0 aromatic heterocycles. The van der Waals surface area contributed by atoms with Crippen LogP contribution in [0.25, 0.3) is 0 Å². The van der Waals surface area contributed by atoms with Crippen molar-refractivity contribution in [2.45, 2.75) is 78.6 Å². The van der Waals surface area contributed by atoms with Crippen LogP contribution < -0.4 is 0 Å². The topological polar surface area (TPSA) is 99.1 Å². The van der Waals surface area contributed by atoms with Gasteiger partial charge in [-0.15, -0.1) is 0 Å². The molecule has 1 rings (SSSR count). The summed E-state index contributed by atoms with van der Waals surface area (Å²) >= 11 is 0. The van der Waals surface area contributed by atoms with Crippen molar-refractivity contribution in [2.24, 2.45) is 23.7 Å². The Morgan fingerprint density at radius 2 is 1.91 bits per heavy atom. The molecule has 1 aliphatic heterocycles. The molecule has 7 atom stereocenters. The Hall–Kier alpha value is -1.83. The Balaban J connectivity index is 3.38. The van der Waals surface area contributed by atoms with E-state index in [4.69, 9.17) is 14.2 Å². The Morgan fingerprint density at radius 3 is 2.48 bits per heavy atom. The van der Waals surface area contributed by atoms with Crippen molar-refractivity contribution in [3.8, 4) is 0 Å². The van der Waals surface area contributed by atoms with Gasteiger partial charge in [-0.25, -0.2) is 0 Å². The highest BCUT2D eigenvalue weighted by molar-refractivity contribution is 5.91. The smallest absolute Gasteiger partial charge is 0.308 e. The number of allylic oxidation sites excluding steroid dienone is 3. The average Bonchev–Trinajstić information content (AvgIpc) is 2.77. The molecule has 188 valence electrons. The van der Waals surface area contributed by atoms with Crippen LogP contribution in [0.4, 0.5) is 0 Å². The van der Waals surface area contributed by atoms with Crippen LogP contribution in [-0.2, 0) is 28.6 Å². The summed E-state index contributed by atoms with van der Waals surface area (Å²) in [6.45, 7) is 10.1. The highest BCUT2D eigenvalue weighted by atomic mass is 16.5. The number of methoxy groups -OCH3 is 1. The van der Waals surface area contributed by atoms with Crippen LogP contribution in [0.1, 0.15) is 60.3 Å². The fraction of sp³-hybridized carbons (Fsp3) is 0.731. The van der Waals surface area contributed by atoms with Crippen LogP contribution in [0.2, 0.25) is 0 Å². The molecule has 0 unspecified atom stereocenters. The number of hydrogen-bond donors (Lipinski definition) is 1. The third-order valence-electron chi connectivity index (χ3n) is 6.37. The minimum atomic E-state index is -1.00. The quantitative estimate of drug-likeness (QED) is 0.451. The second kappa shape index (κ2) is 15.1. The number of rotatable bonds is 7. The van der Waals surface area contributed by atoms with E-state index in [1.54, 1.807) is 19.3 Å².